The SMILES string of the molecule is Cc1ccc2nc([C@H](C)N)n(C3CC3)c2c1. The number of aryl methyl sites for hydroxylation is 1. The van der Waals surface area contributed by atoms with Crippen LogP contribution in [-0.4, -0.2) is 9.55 Å². The Morgan fingerprint density at radius 3 is 2.81 bits per heavy atom. The molecule has 0 spiro atoms. The van der Waals surface area contributed by atoms with E-state index in [-0.39, 0.29) is 6.04 Å². The zero-order valence-corrected chi connectivity index (χ0v) is 9.77. The minimum atomic E-state index is 0.00769. The summed E-state index contributed by atoms with van der Waals surface area (Å²) in [5, 5.41) is 0. The van der Waals surface area contributed by atoms with Crippen molar-refractivity contribution >= 4 is 11.0 Å². The monoisotopic (exact) mass is 215 g/mol. The Hall–Kier alpha value is -1.35. The van der Waals surface area contributed by atoms with E-state index in [9.17, 15) is 0 Å². The van der Waals surface area contributed by atoms with Gasteiger partial charge in [0.1, 0.15) is 5.82 Å². The molecular formula is C13H17N3. The average Bonchev–Trinajstić information content (AvgIpc) is 2.99. The van der Waals surface area contributed by atoms with E-state index in [2.05, 4.69) is 34.7 Å². The third-order valence-corrected chi connectivity index (χ3v) is 3.19. The molecule has 0 radical (unpaired) electrons. The van der Waals surface area contributed by atoms with Gasteiger partial charge in [0.15, 0.2) is 0 Å². The Morgan fingerprint density at radius 2 is 2.19 bits per heavy atom. The Labute approximate surface area is 95.3 Å². The topological polar surface area (TPSA) is 43.8 Å². The van der Waals surface area contributed by atoms with Gasteiger partial charge in [0.25, 0.3) is 0 Å². The number of nitrogens with zero attached hydrogens (tertiary/aromatic N) is 2. The Balaban J connectivity index is 2.29. The predicted molar refractivity (Wildman–Crippen MR) is 65.3 cm³/mol. The van der Waals surface area contributed by atoms with E-state index in [1.807, 2.05) is 6.92 Å². The van der Waals surface area contributed by atoms with Gasteiger partial charge in [-0.25, -0.2) is 4.98 Å². The molecule has 84 valence electrons. The maximum absolute atomic E-state index is 6.00. The van der Waals surface area contributed by atoms with Crippen molar-refractivity contribution in [2.24, 2.45) is 5.73 Å². The van der Waals surface area contributed by atoms with E-state index in [0.717, 1.165) is 11.3 Å². The van der Waals surface area contributed by atoms with Gasteiger partial charge in [0, 0.05) is 6.04 Å². The maximum Gasteiger partial charge on any atom is 0.126 e. The van der Waals surface area contributed by atoms with Crippen LogP contribution in [0.5, 0.6) is 0 Å². The fourth-order valence-corrected chi connectivity index (χ4v) is 2.26. The molecule has 0 saturated heterocycles. The smallest absolute Gasteiger partial charge is 0.126 e. The molecule has 0 unspecified atom stereocenters. The molecule has 2 aromatic rings. The van der Waals surface area contributed by atoms with E-state index in [1.165, 1.54) is 23.9 Å². The lowest BCUT2D eigenvalue weighted by Gasteiger charge is -2.09. The summed E-state index contributed by atoms with van der Waals surface area (Å²) in [6.07, 6.45) is 2.53. The molecule has 1 saturated carbocycles. The minimum Gasteiger partial charge on any atom is -0.324 e. The predicted octanol–water partition coefficient (Wildman–Crippen LogP) is 2.70. The number of hydrogen-bond acceptors (Lipinski definition) is 2. The van der Waals surface area contributed by atoms with E-state index in [0.29, 0.717) is 6.04 Å². The fraction of sp³-hybridized carbons (Fsp3) is 0.462. The van der Waals surface area contributed by atoms with Crippen LogP contribution in [0.15, 0.2) is 18.2 Å². The van der Waals surface area contributed by atoms with Crippen LogP contribution in [0.25, 0.3) is 11.0 Å². The summed E-state index contributed by atoms with van der Waals surface area (Å²) in [5.41, 5.74) is 9.60. The molecular weight excluding hydrogens is 198 g/mol. The molecule has 16 heavy (non-hydrogen) atoms. The number of benzene rings is 1. The third kappa shape index (κ3) is 1.43. The molecule has 3 heteroatoms. The van der Waals surface area contributed by atoms with Gasteiger partial charge in [-0.2, -0.15) is 0 Å². The average molecular weight is 215 g/mol. The van der Waals surface area contributed by atoms with Crippen LogP contribution < -0.4 is 5.73 Å². The summed E-state index contributed by atoms with van der Waals surface area (Å²) in [4.78, 5) is 4.65. The van der Waals surface area contributed by atoms with Crippen LogP contribution in [0.3, 0.4) is 0 Å². The standard InChI is InChI=1S/C13H17N3/c1-8-3-6-11-12(7-8)16(10-4-5-10)13(15-11)9(2)14/h3,6-7,9-10H,4-5,14H2,1-2H3/t9-/m0/s1. The maximum atomic E-state index is 6.00. The van der Waals surface area contributed by atoms with Crippen molar-refractivity contribution in [3.8, 4) is 0 Å². The normalized spacial score (nSPS) is 17.9. The summed E-state index contributed by atoms with van der Waals surface area (Å²) in [6, 6.07) is 7.06. The van der Waals surface area contributed by atoms with Gasteiger partial charge in [0.2, 0.25) is 0 Å². The number of fused-ring (bicyclic) bond motifs is 1. The second-order valence-electron chi connectivity index (χ2n) is 4.85. The molecule has 3 rings (SSSR count). The fourth-order valence-electron chi connectivity index (χ4n) is 2.26. The second-order valence-corrected chi connectivity index (χ2v) is 4.85. The largest absolute Gasteiger partial charge is 0.324 e. The van der Waals surface area contributed by atoms with Crippen LogP contribution in [0.4, 0.5) is 0 Å². The molecule has 1 heterocycles. The van der Waals surface area contributed by atoms with Gasteiger partial charge >= 0.3 is 0 Å². The molecule has 0 bridgehead atoms. The summed E-state index contributed by atoms with van der Waals surface area (Å²) in [5.74, 6) is 1.03. The number of rotatable bonds is 2. The number of imidazole rings is 1. The van der Waals surface area contributed by atoms with Crippen LogP contribution in [0.2, 0.25) is 0 Å². The highest BCUT2D eigenvalue weighted by molar-refractivity contribution is 5.77. The first-order chi connectivity index (χ1) is 7.66. The zero-order chi connectivity index (χ0) is 11.3. The van der Waals surface area contributed by atoms with E-state index in [4.69, 9.17) is 5.73 Å². The lowest BCUT2D eigenvalue weighted by atomic mass is 10.2. The van der Waals surface area contributed by atoms with E-state index in [1.54, 1.807) is 0 Å². The van der Waals surface area contributed by atoms with E-state index < -0.39 is 0 Å². The molecule has 1 aromatic heterocycles. The first kappa shape index (κ1) is 9.85. The van der Waals surface area contributed by atoms with Crippen LogP contribution in [0.1, 0.15) is 43.2 Å². The van der Waals surface area contributed by atoms with Crippen molar-refractivity contribution < 1.29 is 0 Å². The van der Waals surface area contributed by atoms with Crippen molar-refractivity contribution in [2.75, 3.05) is 0 Å². The quantitative estimate of drug-likeness (QED) is 0.837. The molecule has 1 aromatic carbocycles. The highest BCUT2D eigenvalue weighted by Crippen LogP contribution is 2.39. The summed E-state index contributed by atoms with van der Waals surface area (Å²) in [7, 11) is 0. The molecule has 1 atom stereocenters. The number of nitrogens with two attached hydrogens (primary N) is 1. The van der Waals surface area contributed by atoms with Gasteiger partial charge in [-0.1, -0.05) is 6.07 Å². The highest BCUT2D eigenvalue weighted by Gasteiger charge is 2.29. The summed E-state index contributed by atoms with van der Waals surface area (Å²) in [6.45, 7) is 4.13. The molecule has 1 fully saturated rings. The zero-order valence-electron chi connectivity index (χ0n) is 9.77. The highest BCUT2D eigenvalue weighted by atomic mass is 15.1. The summed E-state index contributed by atoms with van der Waals surface area (Å²) < 4.78 is 2.34. The van der Waals surface area contributed by atoms with Crippen molar-refractivity contribution in [1.29, 1.82) is 0 Å². The van der Waals surface area contributed by atoms with E-state index >= 15 is 0 Å². The number of hydrogen-bond donors (Lipinski definition) is 1. The van der Waals surface area contributed by atoms with Crippen LogP contribution in [0, 0.1) is 6.92 Å². The Bertz CT molecular complexity index is 535. The lowest BCUT2D eigenvalue weighted by Crippen LogP contribution is -2.12. The molecule has 3 nitrogen and oxygen atoms in total. The second kappa shape index (κ2) is 3.32. The third-order valence-electron chi connectivity index (χ3n) is 3.19. The molecule has 0 amide bonds. The minimum absolute atomic E-state index is 0.00769. The Morgan fingerprint density at radius 1 is 1.44 bits per heavy atom. The van der Waals surface area contributed by atoms with Crippen molar-refractivity contribution in [3.05, 3.63) is 29.6 Å². The number of aromatic nitrogens is 2. The van der Waals surface area contributed by atoms with Gasteiger partial charge in [-0.3, -0.25) is 0 Å². The summed E-state index contributed by atoms with van der Waals surface area (Å²) >= 11 is 0. The first-order valence-electron chi connectivity index (χ1n) is 5.91. The van der Waals surface area contributed by atoms with Crippen molar-refractivity contribution in [2.45, 2.75) is 38.8 Å². The van der Waals surface area contributed by atoms with Gasteiger partial charge in [-0.05, 0) is 44.4 Å². The molecule has 1 aliphatic rings. The van der Waals surface area contributed by atoms with Crippen molar-refractivity contribution in [3.63, 3.8) is 0 Å². The van der Waals surface area contributed by atoms with Crippen LogP contribution in [-0.2, 0) is 0 Å². The molecule has 0 aliphatic heterocycles. The Kier molecular flexibility index (Phi) is 2.04. The van der Waals surface area contributed by atoms with Crippen molar-refractivity contribution in [1.82, 2.24) is 9.55 Å². The molecule has 1 aliphatic carbocycles. The van der Waals surface area contributed by atoms with Gasteiger partial charge < -0.3 is 10.3 Å². The first-order valence-corrected chi connectivity index (χ1v) is 5.91. The van der Waals surface area contributed by atoms with Gasteiger partial charge in [-0.15, -0.1) is 0 Å². The molecule has 2 N–H and O–H groups in total. The van der Waals surface area contributed by atoms with Gasteiger partial charge in [0.05, 0.1) is 17.1 Å². The van der Waals surface area contributed by atoms with Crippen LogP contribution >= 0.6 is 0 Å². The lowest BCUT2D eigenvalue weighted by molar-refractivity contribution is 0.639.